The van der Waals surface area contributed by atoms with Gasteiger partial charge in [-0.25, -0.2) is 8.42 Å². The van der Waals surface area contributed by atoms with Crippen LogP contribution in [-0.4, -0.2) is 27.1 Å². The second-order valence-corrected chi connectivity index (χ2v) is 7.72. The maximum absolute atomic E-state index is 12.2. The van der Waals surface area contributed by atoms with Crippen molar-refractivity contribution < 1.29 is 13.2 Å². The number of aryl methyl sites for hydroxylation is 1. The summed E-state index contributed by atoms with van der Waals surface area (Å²) in [5, 5.41) is 12.0. The summed E-state index contributed by atoms with van der Waals surface area (Å²) in [6.45, 7) is 2.00. The molecule has 6 nitrogen and oxygen atoms in total. The average Bonchev–Trinajstić information content (AvgIpc) is 2.61. The lowest BCUT2D eigenvalue weighted by molar-refractivity contribution is -0.116. The normalized spacial score (nSPS) is 10.8. The summed E-state index contributed by atoms with van der Waals surface area (Å²) in [5.41, 5.74) is 2.35. The molecule has 0 unspecified atom stereocenters. The minimum absolute atomic E-state index is 0.0254. The Labute approximate surface area is 154 Å². The third-order valence-electron chi connectivity index (χ3n) is 3.88. The van der Waals surface area contributed by atoms with E-state index in [0.29, 0.717) is 5.69 Å². The van der Waals surface area contributed by atoms with Gasteiger partial charge >= 0.3 is 0 Å². The van der Waals surface area contributed by atoms with Gasteiger partial charge in [-0.1, -0.05) is 31.2 Å². The number of sulfonamides is 1. The highest BCUT2D eigenvalue weighted by Gasteiger charge is 2.21. The molecule has 1 N–H and O–H groups in total. The van der Waals surface area contributed by atoms with Gasteiger partial charge in [0.05, 0.1) is 17.5 Å². The highest BCUT2D eigenvalue weighted by atomic mass is 32.2. The van der Waals surface area contributed by atoms with Gasteiger partial charge in [0.2, 0.25) is 15.9 Å². The predicted octanol–water partition coefficient (Wildman–Crippen LogP) is 2.92. The third kappa shape index (κ3) is 5.07. The molecule has 0 saturated carbocycles. The first-order valence-corrected chi connectivity index (χ1v) is 10.1. The molecule has 136 valence electrons. The number of rotatable bonds is 7. The zero-order valence-electron chi connectivity index (χ0n) is 14.8. The molecule has 2 aromatic carbocycles. The van der Waals surface area contributed by atoms with E-state index in [-0.39, 0.29) is 30.1 Å². The van der Waals surface area contributed by atoms with Crippen LogP contribution in [0.2, 0.25) is 0 Å². The van der Waals surface area contributed by atoms with E-state index < -0.39 is 10.0 Å². The van der Waals surface area contributed by atoms with Crippen LogP contribution in [0.3, 0.4) is 0 Å². The van der Waals surface area contributed by atoms with Crippen LogP contribution in [0, 0.1) is 11.3 Å². The van der Waals surface area contributed by atoms with Crippen LogP contribution >= 0.6 is 0 Å². The number of anilines is 2. The van der Waals surface area contributed by atoms with Crippen LogP contribution in [0.4, 0.5) is 11.4 Å². The Morgan fingerprint density at radius 2 is 1.81 bits per heavy atom. The van der Waals surface area contributed by atoms with E-state index in [1.165, 1.54) is 5.56 Å². The van der Waals surface area contributed by atoms with Gasteiger partial charge in [-0.05, 0) is 36.2 Å². The molecule has 0 bridgehead atoms. The van der Waals surface area contributed by atoms with Gasteiger partial charge in [0.25, 0.3) is 0 Å². The van der Waals surface area contributed by atoms with Crippen molar-refractivity contribution in [3.05, 3.63) is 59.7 Å². The Morgan fingerprint density at radius 3 is 2.38 bits per heavy atom. The molecule has 1 amide bonds. The Morgan fingerprint density at radius 1 is 1.15 bits per heavy atom. The van der Waals surface area contributed by atoms with Gasteiger partial charge in [-0.2, -0.15) is 5.26 Å². The van der Waals surface area contributed by atoms with E-state index in [1.54, 1.807) is 24.3 Å². The third-order valence-corrected chi connectivity index (χ3v) is 5.06. The number of carbonyl (C=O) groups is 1. The van der Waals surface area contributed by atoms with Crippen molar-refractivity contribution in [1.82, 2.24) is 0 Å². The van der Waals surface area contributed by atoms with Gasteiger partial charge < -0.3 is 5.32 Å². The maximum atomic E-state index is 12.2. The number of carbonyl (C=O) groups excluding carboxylic acids is 1. The first-order valence-electron chi connectivity index (χ1n) is 8.20. The van der Waals surface area contributed by atoms with Crippen LogP contribution in [0.5, 0.6) is 0 Å². The Kier molecular flexibility index (Phi) is 6.36. The van der Waals surface area contributed by atoms with Gasteiger partial charge in [0.1, 0.15) is 6.07 Å². The number of nitrogens with zero attached hydrogens (tertiary/aromatic N) is 2. The highest BCUT2D eigenvalue weighted by Crippen LogP contribution is 2.22. The number of hydrogen-bond acceptors (Lipinski definition) is 4. The zero-order valence-corrected chi connectivity index (χ0v) is 15.6. The van der Waals surface area contributed by atoms with E-state index in [0.717, 1.165) is 17.0 Å². The standard InChI is InChI=1S/C19H21N3O3S/c1-3-15-8-10-17(11-9-15)21-19(23)12-13-22(26(2,24)25)18-7-5-4-6-16(18)14-20/h4-11H,3,12-13H2,1-2H3,(H,21,23). The van der Waals surface area contributed by atoms with Gasteiger partial charge in [-0.3, -0.25) is 9.10 Å². The number of nitriles is 1. The van der Waals surface area contributed by atoms with Crippen LogP contribution in [0.15, 0.2) is 48.5 Å². The molecule has 0 saturated heterocycles. The molecule has 0 spiro atoms. The molecule has 0 radical (unpaired) electrons. The Balaban J connectivity index is 2.10. The van der Waals surface area contributed by atoms with Crippen molar-refractivity contribution in [1.29, 1.82) is 5.26 Å². The fourth-order valence-electron chi connectivity index (χ4n) is 2.50. The van der Waals surface area contributed by atoms with Crippen LogP contribution in [0.25, 0.3) is 0 Å². The van der Waals surface area contributed by atoms with Crippen LogP contribution in [-0.2, 0) is 21.2 Å². The lowest BCUT2D eigenvalue weighted by Gasteiger charge is -2.23. The van der Waals surface area contributed by atoms with E-state index >= 15 is 0 Å². The second kappa shape index (κ2) is 8.50. The van der Waals surface area contributed by atoms with E-state index in [1.807, 2.05) is 37.3 Å². The topological polar surface area (TPSA) is 90.3 Å². The first kappa shape index (κ1) is 19.5. The second-order valence-electron chi connectivity index (χ2n) is 5.81. The predicted molar refractivity (Wildman–Crippen MR) is 102 cm³/mol. The molecule has 7 heteroatoms. The van der Waals surface area contributed by atoms with Crippen molar-refractivity contribution in [3.8, 4) is 6.07 Å². The molecule has 0 aliphatic heterocycles. The molecule has 0 fully saturated rings. The number of amides is 1. The molecule has 0 aliphatic rings. The minimum atomic E-state index is -3.63. The molecule has 2 rings (SSSR count). The fraction of sp³-hybridized carbons (Fsp3) is 0.263. The summed E-state index contributed by atoms with van der Waals surface area (Å²) in [5.74, 6) is -0.294. The summed E-state index contributed by atoms with van der Waals surface area (Å²) in [6.07, 6.45) is 1.95. The summed E-state index contributed by atoms with van der Waals surface area (Å²) in [7, 11) is -3.63. The molecule has 2 aromatic rings. The van der Waals surface area contributed by atoms with Gasteiger partial charge in [0, 0.05) is 18.7 Å². The molecular formula is C19H21N3O3S. The monoisotopic (exact) mass is 371 g/mol. The molecule has 0 heterocycles. The lowest BCUT2D eigenvalue weighted by atomic mass is 10.1. The molecule has 0 atom stereocenters. The molecule has 0 aromatic heterocycles. The van der Waals surface area contributed by atoms with Crippen molar-refractivity contribution >= 4 is 27.3 Å². The number of nitrogens with one attached hydrogen (secondary N) is 1. The number of benzene rings is 2. The maximum Gasteiger partial charge on any atom is 0.232 e. The number of hydrogen-bond donors (Lipinski definition) is 1. The SMILES string of the molecule is CCc1ccc(NC(=O)CCN(c2ccccc2C#N)S(C)(=O)=O)cc1. The largest absolute Gasteiger partial charge is 0.326 e. The van der Waals surface area contributed by atoms with Gasteiger partial charge in [-0.15, -0.1) is 0 Å². The fourth-order valence-corrected chi connectivity index (χ4v) is 3.44. The summed E-state index contributed by atoms with van der Waals surface area (Å²) in [4.78, 5) is 12.2. The number of para-hydroxylation sites is 1. The van der Waals surface area contributed by atoms with Crippen molar-refractivity contribution in [2.24, 2.45) is 0 Å². The van der Waals surface area contributed by atoms with Gasteiger partial charge in [0.15, 0.2) is 0 Å². The minimum Gasteiger partial charge on any atom is -0.326 e. The molecule has 26 heavy (non-hydrogen) atoms. The Bertz CT molecular complexity index is 916. The smallest absolute Gasteiger partial charge is 0.232 e. The van der Waals surface area contributed by atoms with E-state index in [2.05, 4.69) is 5.32 Å². The van der Waals surface area contributed by atoms with Crippen LogP contribution in [0.1, 0.15) is 24.5 Å². The summed E-state index contributed by atoms with van der Waals surface area (Å²) in [6, 6.07) is 15.9. The summed E-state index contributed by atoms with van der Waals surface area (Å²) < 4.78 is 25.3. The van der Waals surface area contributed by atoms with E-state index in [4.69, 9.17) is 0 Å². The van der Waals surface area contributed by atoms with Crippen LogP contribution < -0.4 is 9.62 Å². The zero-order chi connectivity index (χ0) is 19.2. The quantitative estimate of drug-likeness (QED) is 0.810. The Hall–Kier alpha value is -2.85. The average molecular weight is 371 g/mol. The van der Waals surface area contributed by atoms with Crippen molar-refractivity contribution in [2.45, 2.75) is 19.8 Å². The lowest BCUT2D eigenvalue weighted by Crippen LogP contribution is -2.33. The van der Waals surface area contributed by atoms with Crippen molar-refractivity contribution in [3.63, 3.8) is 0 Å². The highest BCUT2D eigenvalue weighted by molar-refractivity contribution is 7.92. The summed E-state index contributed by atoms with van der Waals surface area (Å²) >= 11 is 0. The van der Waals surface area contributed by atoms with E-state index in [9.17, 15) is 18.5 Å². The van der Waals surface area contributed by atoms with Crippen molar-refractivity contribution in [2.75, 3.05) is 22.4 Å². The molecular weight excluding hydrogens is 350 g/mol. The molecule has 0 aliphatic carbocycles. The first-order chi connectivity index (χ1) is 12.3.